The van der Waals surface area contributed by atoms with Crippen molar-refractivity contribution in [2.75, 3.05) is 29.2 Å². The van der Waals surface area contributed by atoms with E-state index in [0.29, 0.717) is 12.2 Å². The van der Waals surface area contributed by atoms with Gasteiger partial charge in [-0.25, -0.2) is 8.42 Å². The van der Waals surface area contributed by atoms with Crippen LogP contribution in [-0.2, 0) is 9.84 Å². The second kappa shape index (κ2) is 4.22. The van der Waals surface area contributed by atoms with Gasteiger partial charge in [-0.3, -0.25) is 0 Å². The van der Waals surface area contributed by atoms with Crippen molar-refractivity contribution < 1.29 is 8.42 Å². The lowest BCUT2D eigenvalue weighted by atomic mass is 10.1. The minimum absolute atomic E-state index is 0.0855. The zero-order chi connectivity index (χ0) is 12.6. The van der Waals surface area contributed by atoms with Crippen LogP contribution in [0.4, 0.5) is 11.4 Å². The van der Waals surface area contributed by atoms with Gasteiger partial charge in [0.1, 0.15) is 0 Å². The molecule has 0 spiro atoms. The van der Waals surface area contributed by atoms with E-state index in [-0.39, 0.29) is 11.8 Å². The highest BCUT2D eigenvalue weighted by Crippen LogP contribution is 2.26. The number of hydrogen-bond acceptors (Lipinski definition) is 4. The fraction of sp³-hybridized carbons (Fsp3) is 0.500. The number of sulfone groups is 1. The molecule has 2 N–H and O–H groups in total. The Labute approximate surface area is 102 Å². The number of nitrogen functional groups attached to an aromatic ring is 1. The largest absolute Gasteiger partial charge is 0.399 e. The lowest BCUT2D eigenvalue weighted by Crippen LogP contribution is -2.33. The number of nitrogens with zero attached hydrogens (tertiary/aromatic N) is 1. The molecule has 1 aromatic rings. The number of anilines is 2. The maximum absolute atomic E-state index is 11.5. The van der Waals surface area contributed by atoms with Crippen LogP contribution in [0.2, 0.25) is 0 Å². The first-order chi connectivity index (χ1) is 7.89. The molecule has 0 aliphatic carbocycles. The lowest BCUT2D eigenvalue weighted by Gasteiger charge is -2.27. The van der Waals surface area contributed by atoms with Crippen LogP contribution in [0.15, 0.2) is 18.2 Å². The summed E-state index contributed by atoms with van der Waals surface area (Å²) in [6, 6.07) is 5.80. The van der Waals surface area contributed by atoms with Crippen molar-refractivity contribution in [2.45, 2.75) is 19.4 Å². The van der Waals surface area contributed by atoms with E-state index in [4.69, 9.17) is 5.73 Å². The quantitative estimate of drug-likeness (QED) is 0.806. The van der Waals surface area contributed by atoms with E-state index in [1.54, 1.807) is 0 Å². The first-order valence-corrected chi connectivity index (χ1v) is 7.50. The molecule has 1 aromatic carbocycles. The molecule has 0 radical (unpaired) electrons. The molecule has 0 amide bonds. The van der Waals surface area contributed by atoms with E-state index in [0.717, 1.165) is 16.9 Å². The molecule has 4 nitrogen and oxygen atoms in total. The van der Waals surface area contributed by atoms with E-state index in [9.17, 15) is 8.42 Å². The fourth-order valence-electron chi connectivity index (χ4n) is 2.35. The third-order valence-corrected chi connectivity index (χ3v) is 5.11. The van der Waals surface area contributed by atoms with Crippen LogP contribution < -0.4 is 10.6 Å². The normalized spacial score (nSPS) is 22.6. The minimum Gasteiger partial charge on any atom is -0.399 e. The summed E-state index contributed by atoms with van der Waals surface area (Å²) >= 11 is 0. The second-order valence-electron chi connectivity index (χ2n) is 4.71. The van der Waals surface area contributed by atoms with Gasteiger partial charge in [-0.05, 0) is 37.1 Å². The van der Waals surface area contributed by atoms with Gasteiger partial charge in [0.15, 0.2) is 9.84 Å². The van der Waals surface area contributed by atoms with Gasteiger partial charge < -0.3 is 10.6 Å². The van der Waals surface area contributed by atoms with Crippen LogP contribution in [0.25, 0.3) is 0 Å². The number of benzene rings is 1. The number of nitrogens with two attached hydrogens (primary N) is 1. The third kappa shape index (κ3) is 2.54. The van der Waals surface area contributed by atoms with Crippen molar-refractivity contribution >= 4 is 21.2 Å². The van der Waals surface area contributed by atoms with E-state index >= 15 is 0 Å². The van der Waals surface area contributed by atoms with Crippen LogP contribution in [0.1, 0.15) is 12.0 Å². The molecule has 2 rings (SSSR count). The predicted molar refractivity (Wildman–Crippen MR) is 71.1 cm³/mol. The summed E-state index contributed by atoms with van der Waals surface area (Å²) < 4.78 is 22.9. The third-order valence-electron chi connectivity index (χ3n) is 3.36. The summed E-state index contributed by atoms with van der Waals surface area (Å²) in [6.07, 6.45) is 0.711. The minimum atomic E-state index is -2.84. The molecule has 0 aromatic heterocycles. The molecule has 1 aliphatic rings. The smallest absolute Gasteiger partial charge is 0.152 e. The Morgan fingerprint density at radius 1 is 1.41 bits per heavy atom. The lowest BCUT2D eigenvalue weighted by molar-refractivity contribution is 0.601. The Morgan fingerprint density at radius 2 is 2.12 bits per heavy atom. The van der Waals surface area contributed by atoms with Gasteiger partial charge in [0.25, 0.3) is 0 Å². The maximum Gasteiger partial charge on any atom is 0.152 e. The molecule has 1 unspecified atom stereocenters. The average molecular weight is 254 g/mol. The van der Waals surface area contributed by atoms with Crippen LogP contribution in [0, 0.1) is 6.92 Å². The van der Waals surface area contributed by atoms with Crippen molar-refractivity contribution in [1.29, 1.82) is 0 Å². The van der Waals surface area contributed by atoms with Gasteiger partial charge in [0.05, 0.1) is 11.5 Å². The Bertz CT molecular complexity index is 525. The molecule has 1 atom stereocenters. The van der Waals surface area contributed by atoms with Gasteiger partial charge in [-0.15, -0.1) is 0 Å². The van der Waals surface area contributed by atoms with Gasteiger partial charge in [-0.1, -0.05) is 0 Å². The van der Waals surface area contributed by atoms with Gasteiger partial charge in [0, 0.05) is 24.5 Å². The molecule has 17 heavy (non-hydrogen) atoms. The first kappa shape index (κ1) is 12.2. The molecule has 1 fully saturated rings. The van der Waals surface area contributed by atoms with Gasteiger partial charge in [-0.2, -0.15) is 0 Å². The zero-order valence-corrected chi connectivity index (χ0v) is 11.0. The molecule has 1 heterocycles. The topological polar surface area (TPSA) is 63.4 Å². The molecular weight excluding hydrogens is 236 g/mol. The van der Waals surface area contributed by atoms with Crippen LogP contribution in [-0.4, -0.2) is 33.0 Å². The Balaban J connectivity index is 2.23. The summed E-state index contributed by atoms with van der Waals surface area (Å²) in [6.45, 7) is 1.99. The summed E-state index contributed by atoms with van der Waals surface area (Å²) in [5.74, 6) is 0.559. The van der Waals surface area contributed by atoms with E-state index in [2.05, 4.69) is 4.90 Å². The van der Waals surface area contributed by atoms with Crippen molar-refractivity contribution in [2.24, 2.45) is 0 Å². The predicted octanol–water partition coefficient (Wildman–Crippen LogP) is 1.20. The standard InChI is InChI=1S/C12H18N2O2S/c1-9-7-10(13)3-4-12(9)14(2)11-5-6-17(15,16)8-11/h3-4,7,11H,5-6,8,13H2,1-2H3. The molecule has 0 bridgehead atoms. The average Bonchev–Trinajstić information content (AvgIpc) is 2.58. The van der Waals surface area contributed by atoms with E-state index in [1.807, 2.05) is 32.2 Å². The van der Waals surface area contributed by atoms with Crippen molar-refractivity contribution in [3.63, 3.8) is 0 Å². The second-order valence-corrected chi connectivity index (χ2v) is 6.94. The maximum atomic E-state index is 11.5. The SMILES string of the molecule is Cc1cc(N)ccc1N(C)C1CCS(=O)(=O)C1. The summed E-state index contributed by atoms with van der Waals surface area (Å²) in [5, 5.41) is 0. The summed E-state index contributed by atoms with van der Waals surface area (Å²) in [4.78, 5) is 2.05. The molecule has 94 valence electrons. The van der Waals surface area contributed by atoms with Crippen molar-refractivity contribution in [1.82, 2.24) is 0 Å². The monoisotopic (exact) mass is 254 g/mol. The molecular formula is C12H18N2O2S. The summed E-state index contributed by atoms with van der Waals surface area (Å²) in [7, 11) is -0.887. The van der Waals surface area contributed by atoms with Crippen molar-refractivity contribution in [3.8, 4) is 0 Å². The molecule has 5 heteroatoms. The highest BCUT2D eigenvalue weighted by molar-refractivity contribution is 7.91. The number of rotatable bonds is 2. The molecule has 1 aliphatic heterocycles. The molecule has 0 saturated carbocycles. The molecule has 1 saturated heterocycles. The van der Waals surface area contributed by atoms with E-state index < -0.39 is 9.84 Å². The number of aryl methyl sites for hydroxylation is 1. The van der Waals surface area contributed by atoms with Crippen molar-refractivity contribution in [3.05, 3.63) is 23.8 Å². The first-order valence-electron chi connectivity index (χ1n) is 5.68. The summed E-state index contributed by atoms with van der Waals surface area (Å²) in [5.41, 5.74) is 8.58. The Hall–Kier alpha value is -1.23. The zero-order valence-electron chi connectivity index (χ0n) is 10.2. The number of hydrogen-bond donors (Lipinski definition) is 1. The highest BCUT2D eigenvalue weighted by Gasteiger charge is 2.31. The highest BCUT2D eigenvalue weighted by atomic mass is 32.2. The fourth-order valence-corrected chi connectivity index (χ4v) is 4.13. The Morgan fingerprint density at radius 3 is 2.65 bits per heavy atom. The van der Waals surface area contributed by atoms with Crippen LogP contribution in [0.3, 0.4) is 0 Å². The van der Waals surface area contributed by atoms with Gasteiger partial charge in [0.2, 0.25) is 0 Å². The van der Waals surface area contributed by atoms with E-state index in [1.165, 1.54) is 0 Å². The van der Waals surface area contributed by atoms with Gasteiger partial charge >= 0.3 is 0 Å². The van der Waals surface area contributed by atoms with Crippen LogP contribution in [0.5, 0.6) is 0 Å². The Kier molecular flexibility index (Phi) is 3.03. The van der Waals surface area contributed by atoms with Crippen LogP contribution >= 0.6 is 0 Å².